The van der Waals surface area contributed by atoms with Crippen LogP contribution in [0, 0.1) is 6.92 Å². The van der Waals surface area contributed by atoms with E-state index in [2.05, 4.69) is 5.32 Å². The lowest BCUT2D eigenvalue weighted by atomic mass is 9.97. The van der Waals surface area contributed by atoms with Crippen molar-refractivity contribution in [1.29, 1.82) is 0 Å². The summed E-state index contributed by atoms with van der Waals surface area (Å²) >= 11 is 0. The normalized spacial score (nSPS) is 20.9. The van der Waals surface area contributed by atoms with Gasteiger partial charge in [-0.3, -0.25) is 9.59 Å². The molecule has 1 aromatic heterocycles. The molecule has 1 aliphatic rings. The van der Waals surface area contributed by atoms with E-state index in [0.29, 0.717) is 5.76 Å². The van der Waals surface area contributed by atoms with Crippen LogP contribution in [0.5, 0.6) is 0 Å². The molecule has 1 fully saturated rings. The van der Waals surface area contributed by atoms with Crippen LogP contribution in [0.2, 0.25) is 0 Å². The molecule has 0 spiro atoms. The maximum Gasteiger partial charge on any atom is 0.252 e. The van der Waals surface area contributed by atoms with Gasteiger partial charge in [-0.1, -0.05) is 29.8 Å². The van der Waals surface area contributed by atoms with Crippen LogP contribution >= 0.6 is 0 Å². The number of morpholine rings is 1. The second kappa shape index (κ2) is 6.88. The van der Waals surface area contributed by atoms with Crippen molar-refractivity contribution in [3.63, 3.8) is 0 Å². The summed E-state index contributed by atoms with van der Waals surface area (Å²) in [5, 5.41) is 2.81. The molecule has 1 aliphatic heterocycles. The van der Waals surface area contributed by atoms with Crippen LogP contribution in [-0.2, 0) is 20.9 Å². The molecule has 6 heteroatoms. The van der Waals surface area contributed by atoms with Gasteiger partial charge in [0.25, 0.3) is 5.91 Å². The zero-order valence-electron chi connectivity index (χ0n) is 13.7. The quantitative estimate of drug-likeness (QED) is 0.929. The third-order valence-corrected chi connectivity index (χ3v) is 4.18. The predicted octanol–water partition coefficient (Wildman–Crippen LogP) is 1.80. The van der Waals surface area contributed by atoms with Crippen LogP contribution < -0.4 is 5.32 Å². The number of aryl methyl sites for hydroxylation is 1. The second-order valence-electron chi connectivity index (χ2n) is 5.89. The second-order valence-corrected chi connectivity index (χ2v) is 5.89. The van der Waals surface area contributed by atoms with E-state index in [4.69, 9.17) is 9.15 Å². The summed E-state index contributed by atoms with van der Waals surface area (Å²) in [6.07, 6.45) is 0.797. The van der Waals surface area contributed by atoms with E-state index in [1.807, 2.05) is 31.2 Å². The molecule has 0 radical (unpaired) electrons. The van der Waals surface area contributed by atoms with Gasteiger partial charge >= 0.3 is 0 Å². The molecule has 0 unspecified atom stereocenters. The van der Waals surface area contributed by atoms with Crippen LogP contribution in [-0.4, -0.2) is 36.5 Å². The number of ether oxygens (including phenoxy) is 1. The Morgan fingerprint density at radius 1 is 1.29 bits per heavy atom. The summed E-state index contributed by atoms with van der Waals surface area (Å²) in [7, 11) is 1.70. The highest BCUT2D eigenvalue weighted by atomic mass is 16.5. The van der Waals surface area contributed by atoms with Gasteiger partial charge in [0, 0.05) is 7.05 Å². The van der Waals surface area contributed by atoms with E-state index in [9.17, 15) is 9.59 Å². The Labute approximate surface area is 140 Å². The van der Waals surface area contributed by atoms with Crippen LogP contribution in [0.1, 0.15) is 22.9 Å². The number of amides is 2. The maximum atomic E-state index is 12.6. The third-order valence-electron chi connectivity index (χ3n) is 4.18. The molecule has 24 heavy (non-hydrogen) atoms. The van der Waals surface area contributed by atoms with E-state index in [1.165, 1.54) is 0 Å². The van der Waals surface area contributed by atoms with Crippen molar-refractivity contribution in [1.82, 2.24) is 10.2 Å². The molecule has 2 amide bonds. The molecule has 1 N–H and O–H groups in total. The number of hydrogen-bond acceptors (Lipinski definition) is 4. The number of nitrogens with one attached hydrogen (secondary N) is 1. The zero-order valence-corrected chi connectivity index (χ0v) is 13.7. The molecular weight excluding hydrogens is 308 g/mol. The van der Waals surface area contributed by atoms with Gasteiger partial charge < -0.3 is 19.4 Å². The summed E-state index contributed by atoms with van der Waals surface area (Å²) in [5.74, 6) is 0.252. The molecule has 1 saturated heterocycles. The van der Waals surface area contributed by atoms with Crippen LogP contribution in [0.4, 0.5) is 0 Å². The molecule has 0 saturated carbocycles. The van der Waals surface area contributed by atoms with E-state index >= 15 is 0 Å². The van der Waals surface area contributed by atoms with Gasteiger partial charge in [0.05, 0.1) is 18.8 Å². The zero-order chi connectivity index (χ0) is 17.1. The van der Waals surface area contributed by atoms with Gasteiger partial charge in [-0.05, 0) is 24.6 Å². The first-order chi connectivity index (χ1) is 11.6. The van der Waals surface area contributed by atoms with Gasteiger partial charge in [0.15, 0.2) is 6.10 Å². The fourth-order valence-electron chi connectivity index (χ4n) is 2.78. The van der Waals surface area contributed by atoms with Crippen molar-refractivity contribution in [3.8, 4) is 0 Å². The summed E-state index contributed by atoms with van der Waals surface area (Å²) in [6.45, 7) is 2.17. The lowest BCUT2D eigenvalue weighted by Crippen LogP contribution is -2.52. The largest absolute Gasteiger partial charge is 0.467 e. The number of hydrogen-bond donors (Lipinski definition) is 1. The van der Waals surface area contributed by atoms with Gasteiger partial charge in [0.2, 0.25) is 5.91 Å². The summed E-state index contributed by atoms with van der Waals surface area (Å²) in [4.78, 5) is 26.2. The number of rotatable bonds is 4. The minimum absolute atomic E-state index is 0.0995. The summed E-state index contributed by atoms with van der Waals surface area (Å²) < 4.78 is 10.8. The minimum atomic E-state index is -0.759. The Morgan fingerprint density at radius 2 is 2.04 bits per heavy atom. The molecule has 1 aromatic carbocycles. The first-order valence-electron chi connectivity index (χ1n) is 7.80. The van der Waals surface area contributed by atoms with Crippen LogP contribution in [0.15, 0.2) is 47.1 Å². The van der Waals surface area contributed by atoms with Gasteiger partial charge in [0.1, 0.15) is 12.4 Å². The first kappa shape index (κ1) is 16.3. The molecule has 2 aromatic rings. The van der Waals surface area contributed by atoms with Crippen LogP contribution in [0.3, 0.4) is 0 Å². The molecule has 2 heterocycles. The summed E-state index contributed by atoms with van der Waals surface area (Å²) in [6, 6.07) is 10.9. The molecular formula is C18H20N2O4. The van der Waals surface area contributed by atoms with Gasteiger partial charge in [-0.15, -0.1) is 0 Å². The average molecular weight is 328 g/mol. The van der Waals surface area contributed by atoms with Crippen molar-refractivity contribution in [2.24, 2.45) is 0 Å². The molecule has 126 valence electrons. The smallest absolute Gasteiger partial charge is 0.252 e. The standard InChI is InChI=1S/C18H20N2O4/c1-12-5-7-13(8-6-12)16-17(24-11-15(21)20(16)2)18(22)19-10-14-4-3-9-23-14/h3-9,16-17H,10-11H2,1-2H3,(H,19,22)/t16-,17-/m0/s1. The van der Waals surface area contributed by atoms with Crippen molar-refractivity contribution in [2.75, 3.05) is 13.7 Å². The Hall–Kier alpha value is -2.60. The lowest BCUT2D eigenvalue weighted by Gasteiger charge is -2.38. The SMILES string of the molecule is Cc1ccc([C@H]2[C@@H](C(=O)NCc3ccco3)OCC(=O)N2C)cc1. The highest BCUT2D eigenvalue weighted by Gasteiger charge is 2.39. The Morgan fingerprint density at radius 3 is 2.71 bits per heavy atom. The highest BCUT2D eigenvalue weighted by Crippen LogP contribution is 2.29. The fourth-order valence-corrected chi connectivity index (χ4v) is 2.78. The molecule has 2 atom stereocenters. The molecule has 6 nitrogen and oxygen atoms in total. The number of likely N-dealkylation sites (N-methyl/N-ethyl adjacent to an activating group) is 1. The van der Waals surface area contributed by atoms with E-state index < -0.39 is 12.1 Å². The van der Waals surface area contributed by atoms with Crippen molar-refractivity contribution in [2.45, 2.75) is 25.6 Å². The van der Waals surface area contributed by atoms with Crippen molar-refractivity contribution >= 4 is 11.8 Å². The monoisotopic (exact) mass is 328 g/mol. The van der Waals surface area contributed by atoms with Gasteiger partial charge in [-0.25, -0.2) is 0 Å². The maximum absolute atomic E-state index is 12.6. The van der Waals surface area contributed by atoms with Crippen molar-refractivity contribution in [3.05, 3.63) is 59.5 Å². The van der Waals surface area contributed by atoms with E-state index in [0.717, 1.165) is 11.1 Å². The van der Waals surface area contributed by atoms with E-state index in [-0.39, 0.29) is 25.0 Å². The number of carbonyl (C=O) groups excluding carboxylic acids is 2. The topological polar surface area (TPSA) is 71.8 Å². The lowest BCUT2D eigenvalue weighted by molar-refractivity contribution is -0.162. The number of benzene rings is 1. The van der Waals surface area contributed by atoms with E-state index in [1.54, 1.807) is 30.3 Å². The Kier molecular flexibility index (Phi) is 4.66. The minimum Gasteiger partial charge on any atom is -0.467 e. The predicted molar refractivity (Wildman–Crippen MR) is 87.0 cm³/mol. The highest BCUT2D eigenvalue weighted by molar-refractivity contribution is 5.86. The Balaban J connectivity index is 1.79. The molecule has 3 rings (SSSR count). The fraction of sp³-hybridized carbons (Fsp3) is 0.333. The number of furan rings is 1. The molecule has 0 aliphatic carbocycles. The van der Waals surface area contributed by atoms with Crippen molar-refractivity contribution < 1.29 is 18.7 Å². The average Bonchev–Trinajstić information content (AvgIpc) is 3.09. The summed E-state index contributed by atoms with van der Waals surface area (Å²) in [5.41, 5.74) is 1.98. The van der Waals surface area contributed by atoms with Crippen LogP contribution in [0.25, 0.3) is 0 Å². The first-order valence-corrected chi connectivity index (χ1v) is 7.80. The van der Waals surface area contributed by atoms with Gasteiger partial charge in [-0.2, -0.15) is 0 Å². The third kappa shape index (κ3) is 3.33. The number of carbonyl (C=O) groups is 2. The number of nitrogens with zero attached hydrogens (tertiary/aromatic N) is 1. The Bertz CT molecular complexity index is 709. The molecule has 0 bridgehead atoms.